The van der Waals surface area contributed by atoms with Crippen molar-refractivity contribution in [2.24, 2.45) is 0 Å². The number of amides is 1. The summed E-state index contributed by atoms with van der Waals surface area (Å²) in [5.41, 5.74) is 1.45. The Kier molecular flexibility index (Phi) is 5.05. The van der Waals surface area contributed by atoms with Crippen molar-refractivity contribution in [1.82, 2.24) is 0 Å². The number of anilines is 1. The van der Waals surface area contributed by atoms with E-state index in [0.29, 0.717) is 11.4 Å². The van der Waals surface area contributed by atoms with Crippen molar-refractivity contribution in [2.75, 3.05) is 11.6 Å². The lowest BCUT2D eigenvalue weighted by molar-refractivity contribution is -0.122. The molecule has 1 N–H and O–H groups in total. The average molecular weight is 333 g/mol. The van der Waals surface area contributed by atoms with Crippen LogP contribution < -0.4 is 10.1 Å². The van der Waals surface area contributed by atoms with Gasteiger partial charge in [-0.3, -0.25) is 4.79 Å². The van der Waals surface area contributed by atoms with Crippen LogP contribution in [-0.4, -0.2) is 26.7 Å². The predicted molar refractivity (Wildman–Crippen MR) is 89.5 cm³/mol. The second-order valence-electron chi connectivity index (χ2n) is 5.37. The highest BCUT2D eigenvalue weighted by molar-refractivity contribution is 7.90. The van der Waals surface area contributed by atoms with Crippen LogP contribution in [0, 0.1) is 6.92 Å². The van der Waals surface area contributed by atoms with E-state index < -0.39 is 15.9 Å². The minimum atomic E-state index is -3.32. The fourth-order valence-electron chi connectivity index (χ4n) is 1.99. The molecule has 1 atom stereocenters. The zero-order valence-electron chi connectivity index (χ0n) is 13.2. The zero-order chi connectivity index (χ0) is 17.0. The molecule has 1 amide bonds. The number of benzene rings is 2. The first kappa shape index (κ1) is 17.0. The summed E-state index contributed by atoms with van der Waals surface area (Å²) in [4.78, 5) is 12.3. The monoisotopic (exact) mass is 333 g/mol. The molecule has 0 aromatic heterocycles. The molecule has 2 rings (SSSR count). The van der Waals surface area contributed by atoms with Crippen LogP contribution in [0.3, 0.4) is 0 Å². The van der Waals surface area contributed by atoms with Gasteiger partial charge in [-0.1, -0.05) is 18.2 Å². The summed E-state index contributed by atoms with van der Waals surface area (Å²) >= 11 is 0. The van der Waals surface area contributed by atoms with E-state index in [0.717, 1.165) is 11.8 Å². The van der Waals surface area contributed by atoms with Gasteiger partial charge in [0.05, 0.1) is 4.90 Å². The quantitative estimate of drug-likeness (QED) is 0.913. The fraction of sp³-hybridized carbons (Fsp3) is 0.235. The van der Waals surface area contributed by atoms with Crippen molar-refractivity contribution in [3.63, 3.8) is 0 Å². The van der Waals surface area contributed by atoms with Crippen LogP contribution in [0.1, 0.15) is 12.5 Å². The maximum Gasteiger partial charge on any atom is 0.265 e. The summed E-state index contributed by atoms with van der Waals surface area (Å²) in [7, 11) is -3.32. The molecule has 0 fully saturated rings. The van der Waals surface area contributed by atoms with Crippen LogP contribution in [-0.2, 0) is 14.6 Å². The molecule has 0 heterocycles. The van der Waals surface area contributed by atoms with E-state index in [4.69, 9.17) is 4.74 Å². The van der Waals surface area contributed by atoms with Crippen LogP contribution in [0.5, 0.6) is 5.75 Å². The molecule has 0 bridgehead atoms. The standard InChI is InChI=1S/C17H19NO4S/c1-12-6-4-8-15(10-12)22-13(2)17(19)18-14-7-5-9-16(11-14)23(3,20)21/h4-11,13H,1-3H3,(H,18,19)/t13-/m0/s1. The number of ether oxygens (including phenoxy) is 1. The number of rotatable bonds is 5. The number of hydrogen-bond acceptors (Lipinski definition) is 4. The summed E-state index contributed by atoms with van der Waals surface area (Å²) in [6.07, 6.45) is 0.413. The minimum absolute atomic E-state index is 0.155. The Bertz CT molecular complexity index is 815. The second-order valence-corrected chi connectivity index (χ2v) is 7.38. The van der Waals surface area contributed by atoms with Crippen molar-refractivity contribution >= 4 is 21.4 Å². The van der Waals surface area contributed by atoms with Gasteiger partial charge < -0.3 is 10.1 Å². The van der Waals surface area contributed by atoms with Gasteiger partial charge in [0.2, 0.25) is 0 Å². The zero-order valence-corrected chi connectivity index (χ0v) is 14.1. The number of nitrogens with one attached hydrogen (secondary N) is 1. The van der Waals surface area contributed by atoms with Crippen LogP contribution in [0.4, 0.5) is 5.69 Å². The Morgan fingerprint density at radius 3 is 2.48 bits per heavy atom. The largest absolute Gasteiger partial charge is 0.481 e. The molecule has 0 unspecified atom stereocenters. The van der Waals surface area contributed by atoms with Gasteiger partial charge in [0, 0.05) is 11.9 Å². The second kappa shape index (κ2) is 6.83. The third kappa shape index (κ3) is 4.82. The molecule has 0 aliphatic heterocycles. The Labute approximate surface area is 136 Å². The number of hydrogen-bond donors (Lipinski definition) is 1. The van der Waals surface area contributed by atoms with Crippen molar-refractivity contribution < 1.29 is 17.9 Å². The number of carbonyl (C=O) groups is 1. The Morgan fingerprint density at radius 2 is 1.83 bits per heavy atom. The summed E-state index contributed by atoms with van der Waals surface area (Å²) in [5, 5.41) is 2.66. The van der Waals surface area contributed by atoms with Gasteiger partial charge in [0.25, 0.3) is 5.91 Å². The van der Waals surface area contributed by atoms with Crippen molar-refractivity contribution in [3.05, 3.63) is 54.1 Å². The lowest BCUT2D eigenvalue weighted by Crippen LogP contribution is -2.30. The minimum Gasteiger partial charge on any atom is -0.481 e. The summed E-state index contributed by atoms with van der Waals surface area (Å²) in [6.45, 7) is 3.58. The Hall–Kier alpha value is -2.34. The predicted octanol–water partition coefficient (Wildman–Crippen LogP) is 2.80. The Balaban J connectivity index is 2.07. The van der Waals surface area contributed by atoms with Gasteiger partial charge in [0.15, 0.2) is 15.9 Å². The molecule has 0 saturated heterocycles. The third-order valence-corrected chi connectivity index (χ3v) is 4.31. The van der Waals surface area contributed by atoms with E-state index in [1.54, 1.807) is 25.1 Å². The molecule has 0 saturated carbocycles. The molecule has 2 aromatic carbocycles. The molecule has 0 spiro atoms. The smallest absolute Gasteiger partial charge is 0.265 e. The normalized spacial score (nSPS) is 12.5. The van der Waals surface area contributed by atoms with Crippen LogP contribution >= 0.6 is 0 Å². The van der Waals surface area contributed by atoms with Gasteiger partial charge in [-0.2, -0.15) is 0 Å². The van der Waals surface area contributed by atoms with Gasteiger partial charge in [-0.05, 0) is 49.7 Å². The first-order valence-electron chi connectivity index (χ1n) is 7.10. The fourth-order valence-corrected chi connectivity index (χ4v) is 2.66. The van der Waals surface area contributed by atoms with E-state index in [2.05, 4.69) is 5.32 Å². The summed E-state index contributed by atoms with van der Waals surface area (Å²) < 4.78 is 28.7. The number of carbonyl (C=O) groups excluding carboxylic acids is 1. The van der Waals surface area contributed by atoms with Crippen molar-refractivity contribution in [2.45, 2.75) is 24.8 Å². The maximum atomic E-state index is 12.2. The molecule has 5 nitrogen and oxygen atoms in total. The third-order valence-electron chi connectivity index (χ3n) is 3.20. The van der Waals surface area contributed by atoms with Crippen LogP contribution in [0.25, 0.3) is 0 Å². The van der Waals surface area contributed by atoms with Crippen LogP contribution in [0.15, 0.2) is 53.4 Å². The number of sulfone groups is 1. The van der Waals surface area contributed by atoms with E-state index in [9.17, 15) is 13.2 Å². The van der Waals surface area contributed by atoms with E-state index in [-0.39, 0.29) is 10.8 Å². The first-order chi connectivity index (χ1) is 10.8. The van der Waals surface area contributed by atoms with Crippen molar-refractivity contribution in [1.29, 1.82) is 0 Å². The van der Waals surface area contributed by atoms with Crippen LogP contribution in [0.2, 0.25) is 0 Å². The molecular weight excluding hydrogens is 314 g/mol. The molecular formula is C17H19NO4S. The topological polar surface area (TPSA) is 72.5 Å². The maximum absolute atomic E-state index is 12.2. The lowest BCUT2D eigenvalue weighted by Gasteiger charge is -2.15. The van der Waals surface area contributed by atoms with E-state index in [1.165, 1.54) is 12.1 Å². The van der Waals surface area contributed by atoms with Gasteiger partial charge >= 0.3 is 0 Å². The highest BCUT2D eigenvalue weighted by Crippen LogP contribution is 2.17. The van der Waals surface area contributed by atoms with Crippen molar-refractivity contribution in [3.8, 4) is 5.75 Å². The molecule has 0 radical (unpaired) electrons. The highest BCUT2D eigenvalue weighted by atomic mass is 32.2. The molecule has 23 heavy (non-hydrogen) atoms. The molecule has 2 aromatic rings. The lowest BCUT2D eigenvalue weighted by atomic mass is 10.2. The van der Waals surface area contributed by atoms with E-state index >= 15 is 0 Å². The van der Waals surface area contributed by atoms with Gasteiger partial charge in [-0.25, -0.2) is 8.42 Å². The van der Waals surface area contributed by atoms with E-state index in [1.807, 2.05) is 25.1 Å². The number of aryl methyl sites for hydroxylation is 1. The average Bonchev–Trinajstić information content (AvgIpc) is 2.46. The molecule has 0 aliphatic carbocycles. The summed E-state index contributed by atoms with van der Waals surface area (Å²) in [5.74, 6) is 0.259. The van der Waals surface area contributed by atoms with Gasteiger partial charge in [0.1, 0.15) is 5.75 Å². The first-order valence-corrected chi connectivity index (χ1v) is 8.99. The molecule has 0 aliphatic rings. The SMILES string of the molecule is Cc1cccc(O[C@@H](C)C(=O)Nc2cccc(S(C)(=O)=O)c2)c1. The molecule has 6 heteroatoms. The Morgan fingerprint density at radius 1 is 1.13 bits per heavy atom. The summed E-state index contributed by atoms with van der Waals surface area (Å²) in [6, 6.07) is 13.5. The molecule has 122 valence electrons. The van der Waals surface area contributed by atoms with Gasteiger partial charge in [-0.15, -0.1) is 0 Å². The highest BCUT2D eigenvalue weighted by Gasteiger charge is 2.16.